The van der Waals surface area contributed by atoms with Crippen molar-refractivity contribution in [3.05, 3.63) is 75.5 Å². The van der Waals surface area contributed by atoms with Crippen LogP contribution in [0.15, 0.2) is 53.4 Å². The van der Waals surface area contributed by atoms with Gasteiger partial charge in [-0.1, -0.05) is 23.2 Å². The van der Waals surface area contributed by atoms with Gasteiger partial charge in [-0.25, -0.2) is 13.6 Å². The Hall–Kier alpha value is -2.32. The van der Waals surface area contributed by atoms with Gasteiger partial charge in [0.25, 0.3) is 0 Å². The standard InChI is InChI=1S/C20H18Cl2N2O4S/c1-12-9-17(19(25)11-28-20-8-3-14(21)10-18(20)22)13(2)24(12)15-4-6-16(7-5-15)29(23,26)27/h3-10H,11H2,1-2H3,(H2,23,26,27). The molecule has 6 nitrogen and oxygen atoms in total. The second kappa shape index (κ2) is 8.20. The van der Waals surface area contributed by atoms with Gasteiger partial charge in [0.15, 0.2) is 6.61 Å². The molecule has 0 atom stereocenters. The van der Waals surface area contributed by atoms with Gasteiger partial charge in [0, 0.05) is 27.7 Å². The van der Waals surface area contributed by atoms with Gasteiger partial charge in [0.05, 0.1) is 9.92 Å². The van der Waals surface area contributed by atoms with E-state index < -0.39 is 10.0 Å². The van der Waals surface area contributed by atoms with Crippen LogP contribution in [-0.4, -0.2) is 25.4 Å². The third-order valence-corrected chi connectivity index (χ3v) is 5.87. The van der Waals surface area contributed by atoms with Crippen LogP contribution >= 0.6 is 23.2 Å². The molecule has 0 aliphatic carbocycles. The normalized spacial score (nSPS) is 11.5. The van der Waals surface area contributed by atoms with E-state index in [1.807, 2.05) is 18.4 Å². The molecule has 0 spiro atoms. The zero-order valence-electron chi connectivity index (χ0n) is 15.6. The summed E-state index contributed by atoms with van der Waals surface area (Å²) < 4.78 is 30.3. The smallest absolute Gasteiger partial charge is 0.238 e. The van der Waals surface area contributed by atoms with Gasteiger partial charge < -0.3 is 9.30 Å². The van der Waals surface area contributed by atoms with Gasteiger partial charge in [-0.3, -0.25) is 4.79 Å². The number of aromatic nitrogens is 1. The summed E-state index contributed by atoms with van der Waals surface area (Å²) in [6.45, 7) is 3.48. The van der Waals surface area contributed by atoms with Gasteiger partial charge in [-0.05, 0) is 62.4 Å². The van der Waals surface area contributed by atoms with Crippen LogP contribution in [0.5, 0.6) is 5.75 Å². The first-order chi connectivity index (χ1) is 13.6. The maximum atomic E-state index is 12.7. The maximum absolute atomic E-state index is 12.7. The first-order valence-corrected chi connectivity index (χ1v) is 10.8. The number of primary sulfonamides is 1. The Balaban J connectivity index is 1.84. The second-order valence-electron chi connectivity index (χ2n) is 6.45. The number of hydrogen-bond acceptors (Lipinski definition) is 4. The summed E-state index contributed by atoms with van der Waals surface area (Å²) in [7, 11) is -3.77. The number of nitrogens with zero attached hydrogens (tertiary/aromatic N) is 1. The minimum Gasteiger partial charge on any atom is -0.484 e. The zero-order chi connectivity index (χ0) is 21.3. The van der Waals surface area contributed by atoms with Gasteiger partial charge >= 0.3 is 0 Å². The number of ether oxygens (including phenoxy) is 1. The van der Waals surface area contributed by atoms with Crippen molar-refractivity contribution in [2.75, 3.05) is 6.61 Å². The number of carbonyl (C=O) groups excluding carboxylic acids is 1. The number of nitrogens with two attached hydrogens (primary N) is 1. The minimum atomic E-state index is -3.77. The molecule has 152 valence electrons. The fourth-order valence-corrected chi connectivity index (χ4v) is 4.02. The molecule has 2 aromatic carbocycles. The molecule has 0 aliphatic heterocycles. The number of Topliss-reactive ketones (excluding diaryl/α,β-unsaturated/α-hetero) is 1. The SMILES string of the molecule is Cc1cc(C(=O)COc2ccc(Cl)cc2Cl)c(C)n1-c1ccc(S(N)(=O)=O)cc1. The third kappa shape index (κ3) is 4.64. The number of benzene rings is 2. The van der Waals surface area contributed by atoms with E-state index in [4.69, 9.17) is 33.1 Å². The molecule has 0 amide bonds. The molecule has 3 rings (SSSR count). The van der Waals surface area contributed by atoms with Crippen molar-refractivity contribution >= 4 is 39.0 Å². The molecule has 29 heavy (non-hydrogen) atoms. The maximum Gasteiger partial charge on any atom is 0.238 e. The second-order valence-corrected chi connectivity index (χ2v) is 8.85. The Morgan fingerprint density at radius 1 is 1.07 bits per heavy atom. The summed E-state index contributed by atoms with van der Waals surface area (Å²) in [5, 5.41) is 5.94. The summed E-state index contributed by atoms with van der Waals surface area (Å²) in [6.07, 6.45) is 0. The molecule has 0 fully saturated rings. The molecular formula is C20H18Cl2N2O4S. The average Bonchev–Trinajstić information content (AvgIpc) is 2.94. The lowest BCUT2D eigenvalue weighted by Crippen LogP contribution is -2.13. The molecule has 9 heteroatoms. The van der Waals surface area contributed by atoms with E-state index in [-0.39, 0.29) is 17.3 Å². The topological polar surface area (TPSA) is 91.4 Å². The highest BCUT2D eigenvalue weighted by molar-refractivity contribution is 7.89. The Morgan fingerprint density at radius 3 is 2.31 bits per heavy atom. The van der Waals surface area contributed by atoms with Crippen molar-refractivity contribution < 1.29 is 17.9 Å². The first-order valence-electron chi connectivity index (χ1n) is 8.51. The molecule has 2 N–H and O–H groups in total. The van der Waals surface area contributed by atoms with Crippen LogP contribution in [0.25, 0.3) is 5.69 Å². The quantitative estimate of drug-likeness (QED) is 0.563. The monoisotopic (exact) mass is 452 g/mol. The molecule has 1 heterocycles. The minimum absolute atomic E-state index is 0.0215. The number of ketones is 1. The van der Waals surface area contributed by atoms with Crippen LogP contribution < -0.4 is 9.88 Å². The van der Waals surface area contributed by atoms with Crippen LogP contribution in [0.1, 0.15) is 21.7 Å². The number of rotatable bonds is 6. The van der Waals surface area contributed by atoms with Crippen LogP contribution in [0.4, 0.5) is 0 Å². The number of sulfonamides is 1. The number of hydrogen-bond donors (Lipinski definition) is 1. The van der Waals surface area contributed by atoms with Crippen LogP contribution in [0.3, 0.4) is 0 Å². The highest BCUT2D eigenvalue weighted by atomic mass is 35.5. The van der Waals surface area contributed by atoms with E-state index >= 15 is 0 Å². The van der Waals surface area contributed by atoms with Crippen LogP contribution in [0, 0.1) is 13.8 Å². The van der Waals surface area contributed by atoms with E-state index in [1.54, 1.807) is 36.4 Å². The largest absolute Gasteiger partial charge is 0.484 e. The van der Waals surface area contributed by atoms with Crippen molar-refractivity contribution in [3.63, 3.8) is 0 Å². The molecule has 1 aromatic heterocycles. The van der Waals surface area contributed by atoms with Gasteiger partial charge in [0.2, 0.25) is 15.8 Å². The summed E-state index contributed by atoms with van der Waals surface area (Å²) >= 11 is 11.9. The zero-order valence-corrected chi connectivity index (χ0v) is 18.0. The van der Waals surface area contributed by atoms with Gasteiger partial charge in [0.1, 0.15) is 5.75 Å². The van der Waals surface area contributed by atoms with Crippen molar-refractivity contribution in [3.8, 4) is 11.4 Å². The molecule has 0 unspecified atom stereocenters. The molecule has 0 radical (unpaired) electrons. The summed E-state index contributed by atoms with van der Waals surface area (Å²) in [5.74, 6) is 0.160. The fraction of sp³-hybridized carbons (Fsp3) is 0.150. The van der Waals surface area contributed by atoms with Crippen molar-refractivity contribution in [1.29, 1.82) is 0 Å². The van der Waals surface area contributed by atoms with Crippen LogP contribution in [0.2, 0.25) is 10.0 Å². The predicted octanol–water partition coefficient (Wildman–Crippen LogP) is 4.31. The lowest BCUT2D eigenvalue weighted by atomic mass is 10.1. The third-order valence-electron chi connectivity index (χ3n) is 4.41. The lowest BCUT2D eigenvalue weighted by molar-refractivity contribution is 0.0921. The number of halogens is 2. The highest BCUT2D eigenvalue weighted by Gasteiger charge is 2.18. The van der Waals surface area contributed by atoms with E-state index in [2.05, 4.69) is 0 Å². The Morgan fingerprint density at radius 2 is 1.72 bits per heavy atom. The van der Waals surface area contributed by atoms with E-state index in [1.165, 1.54) is 12.1 Å². The summed E-state index contributed by atoms with van der Waals surface area (Å²) in [5.41, 5.74) is 2.75. The molecule has 3 aromatic rings. The number of aryl methyl sites for hydroxylation is 1. The Kier molecular flexibility index (Phi) is 6.05. The van der Waals surface area contributed by atoms with Gasteiger partial charge in [-0.15, -0.1) is 0 Å². The fourth-order valence-electron chi connectivity index (χ4n) is 3.04. The first kappa shape index (κ1) is 21.4. The Bertz CT molecular complexity index is 1190. The van der Waals surface area contributed by atoms with Crippen molar-refractivity contribution in [2.24, 2.45) is 5.14 Å². The summed E-state index contributed by atoms with van der Waals surface area (Å²) in [4.78, 5) is 12.7. The lowest BCUT2D eigenvalue weighted by Gasteiger charge is -2.11. The summed E-state index contributed by atoms with van der Waals surface area (Å²) in [6, 6.07) is 12.7. The average molecular weight is 453 g/mol. The van der Waals surface area contributed by atoms with E-state index in [0.29, 0.717) is 32.7 Å². The van der Waals surface area contributed by atoms with E-state index in [9.17, 15) is 13.2 Å². The highest BCUT2D eigenvalue weighted by Crippen LogP contribution is 2.28. The number of carbonyl (C=O) groups is 1. The predicted molar refractivity (Wildman–Crippen MR) is 113 cm³/mol. The molecule has 0 bridgehead atoms. The molecular weight excluding hydrogens is 435 g/mol. The van der Waals surface area contributed by atoms with Crippen molar-refractivity contribution in [2.45, 2.75) is 18.7 Å². The molecule has 0 saturated carbocycles. The van der Waals surface area contributed by atoms with Crippen LogP contribution in [-0.2, 0) is 10.0 Å². The Labute approximate surface area is 178 Å². The molecule has 0 aliphatic rings. The van der Waals surface area contributed by atoms with E-state index in [0.717, 1.165) is 5.69 Å². The molecule has 0 saturated heterocycles. The van der Waals surface area contributed by atoms with Gasteiger partial charge in [-0.2, -0.15) is 0 Å². The van der Waals surface area contributed by atoms with Crippen molar-refractivity contribution in [1.82, 2.24) is 4.57 Å².